The zero-order valence-corrected chi connectivity index (χ0v) is 11.4. The summed E-state index contributed by atoms with van der Waals surface area (Å²) in [5, 5.41) is 0. The van der Waals surface area contributed by atoms with Crippen molar-refractivity contribution in [2.75, 3.05) is 7.11 Å². The number of nitrogens with zero attached hydrogens (tertiary/aromatic N) is 3. The molecule has 0 saturated heterocycles. The van der Waals surface area contributed by atoms with Gasteiger partial charge in [0.1, 0.15) is 11.8 Å². The molecular formula is C13H12N4OS. The quantitative estimate of drug-likeness (QED) is 0.729. The summed E-state index contributed by atoms with van der Waals surface area (Å²) in [7, 11) is 1.57. The number of aryl methyl sites for hydroxylation is 1. The van der Waals surface area contributed by atoms with Gasteiger partial charge in [-0.2, -0.15) is 4.98 Å². The van der Waals surface area contributed by atoms with Crippen LogP contribution in [-0.4, -0.2) is 26.6 Å². The Labute approximate surface area is 114 Å². The van der Waals surface area contributed by atoms with Gasteiger partial charge in [-0.15, -0.1) is 0 Å². The van der Waals surface area contributed by atoms with Crippen LogP contribution in [0.1, 0.15) is 5.56 Å². The minimum absolute atomic E-state index is 0.488. The first kappa shape index (κ1) is 11.9. The number of H-pyrrole nitrogens is 1. The van der Waals surface area contributed by atoms with E-state index >= 15 is 0 Å². The van der Waals surface area contributed by atoms with Gasteiger partial charge >= 0.3 is 0 Å². The number of aromatic nitrogens is 4. The van der Waals surface area contributed by atoms with Gasteiger partial charge in [-0.05, 0) is 36.8 Å². The van der Waals surface area contributed by atoms with Crippen molar-refractivity contribution in [3.8, 4) is 11.6 Å². The van der Waals surface area contributed by atoms with Crippen molar-refractivity contribution in [2.45, 2.75) is 6.92 Å². The highest BCUT2D eigenvalue weighted by Gasteiger charge is 2.12. The van der Waals surface area contributed by atoms with Crippen LogP contribution < -0.4 is 4.74 Å². The summed E-state index contributed by atoms with van der Waals surface area (Å²) in [5.41, 5.74) is 3.55. The average Bonchev–Trinajstić information content (AvgIpc) is 2.74. The summed E-state index contributed by atoms with van der Waals surface area (Å²) in [6, 6.07) is 8.07. The number of hydrogen-bond donors (Lipinski definition) is 1. The van der Waals surface area contributed by atoms with Crippen LogP contribution in [0.3, 0.4) is 0 Å². The largest absolute Gasteiger partial charge is 0.479 e. The Morgan fingerprint density at radius 2 is 2.16 bits per heavy atom. The van der Waals surface area contributed by atoms with Gasteiger partial charge in [0.25, 0.3) is 0 Å². The number of aromatic amines is 1. The van der Waals surface area contributed by atoms with E-state index in [1.165, 1.54) is 6.33 Å². The third-order valence-corrected chi connectivity index (χ3v) is 3.18. The van der Waals surface area contributed by atoms with E-state index in [2.05, 4.69) is 21.0 Å². The van der Waals surface area contributed by atoms with Crippen molar-refractivity contribution in [1.29, 1.82) is 0 Å². The first-order valence-electron chi connectivity index (χ1n) is 5.77. The molecule has 0 spiro atoms. The third-order valence-electron chi connectivity index (χ3n) is 2.89. The van der Waals surface area contributed by atoms with E-state index in [0.29, 0.717) is 21.8 Å². The van der Waals surface area contributed by atoms with Gasteiger partial charge in [-0.3, -0.25) is 4.57 Å². The molecule has 19 heavy (non-hydrogen) atoms. The molecule has 1 aromatic carbocycles. The first-order chi connectivity index (χ1) is 9.20. The number of imidazole rings is 1. The number of fused-ring (bicyclic) bond motifs is 1. The molecular weight excluding hydrogens is 260 g/mol. The molecule has 0 unspecified atom stereocenters. The lowest BCUT2D eigenvalue weighted by Gasteiger charge is -2.05. The van der Waals surface area contributed by atoms with E-state index in [9.17, 15) is 0 Å². The minimum Gasteiger partial charge on any atom is -0.479 e. The van der Waals surface area contributed by atoms with Gasteiger partial charge in [0.2, 0.25) is 5.88 Å². The normalized spacial score (nSPS) is 10.8. The number of ether oxygens (including phenoxy) is 1. The fraction of sp³-hybridized carbons (Fsp3) is 0.154. The predicted molar refractivity (Wildman–Crippen MR) is 75.3 cm³/mol. The SMILES string of the molecule is COc1ncnc2c1[nH]c(=S)n2-c1cccc(C)c1. The van der Waals surface area contributed by atoms with Crippen LogP contribution in [0.2, 0.25) is 0 Å². The van der Waals surface area contributed by atoms with Gasteiger partial charge in [0.15, 0.2) is 10.4 Å². The number of benzene rings is 1. The van der Waals surface area contributed by atoms with Crippen LogP contribution in [0.15, 0.2) is 30.6 Å². The molecule has 0 saturated carbocycles. The topological polar surface area (TPSA) is 55.7 Å². The van der Waals surface area contributed by atoms with Crippen LogP contribution in [0.5, 0.6) is 5.88 Å². The molecule has 3 rings (SSSR count). The maximum absolute atomic E-state index is 5.37. The molecule has 1 N–H and O–H groups in total. The minimum atomic E-state index is 0.488. The Hall–Kier alpha value is -2.21. The second kappa shape index (κ2) is 4.47. The summed E-state index contributed by atoms with van der Waals surface area (Å²) < 4.78 is 7.66. The maximum Gasteiger partial charge on any atom is 0.242 e. The monoisotopic (exact) mass is 272 g/mol. The van der Waals surface area contributed by atoms with E-state index in [1.54, 1.807) is 7.11 Å². The number of rotatable bonds is 2. The molecule has 0 atom stereocenters. The Balaban J connectivity index is 2.36. The van der Waals surface area contributed by atoms with E-state index in [-0.39, 0.29) is 0 Å². The molecule has 2 aromatic heterocycles. The molecule has 0 fully saturated rings. The average molecular weight is 272 g/mol. The molecule has 0 amide bonds. The highest BCUT2D eigenvalue weighted by atomic mass is 32.1. The molecule has 0 aliphatic rings. The fourth-order valence-corrected chi connectivity index (χ4v) is 2.35. The molecule has 2 heterocycles. The number of methoxy groups -OCH3 is 1. The molecule has 5 nitrogen and oxygen atoms in total. The Kier molecular flexibility index (Phi) is 2.79. The number of hydrogen-bond acceptors (Lipinski definition) is 4. The maximum atomic E-state index is 5.37. The number of nitrogens with one attached hydrogen (secondary N) is 1. The highest BCUT2D eigenvalue weighted by Crippen LogP contribution is 2.23. The smallest absolute Gasteiger partial charge is 0.242 e. The Morgan fingerprint density at radius 3 is 2.89 bits per heavy atom. The van der Waals surface area contributed by atoms with Gasteiger partial charge < -0.3 is 9.72 Å². The molecule has 3 aromatic rings. The standard InChI is InChI=1S/C13H12N4OS/c1-8-4-3-5-9(6-8)17-11-10(16-13(17)19)12(18-2)15-7-14-11/h3-7H,1-2H3,(H,16,19). The van der Waals surface area contributed by atoms with Crippen LogP contribution in [0.25, 0.3) is 16.9 Å². The van der Waals surface area contributed by atoms with Crippen molar-refractivity contribution in [1.82, 2.24) is 19.5 Å². The van der Waals surface area contributed by atoms with E-state index in [4.69, 9.17) is 17.0 Å². The van der Waals surface area contributed by atoms with Gasteiger partial charge in [-0.25, -0.2) is 4.98 Å². The zero-order chi connectivity index (χ0) is 13.4. The molecule has 6 heteroatoms. The second-order valence-corrected chi connectivity index (χ2v) is 4.57. The second-order valence-electron chi connectivity index (χ2n) is 4.19. The Bertz CT molecular complexity index is 806. The van der Waals surface area contributed by atoms with Crippen LogP contribution in [0.4, 0.5) is 0 Å². The lowest BCUT2D eigenvalue weighted by Crippen LogP contribution is -1.97. The van der Waals surface area contributed by atoms with Crippen LogP contribution in [-0.2, 0) is 0 Å². The Morgan fingerprint density at radius 1 is 1.32 bits per heavy atom. The van der Waals surface area contributed by atoms with Crippen molar-refractivity contribution in [2.24, 2.45) is 0 Å². The van der Waals surface area contributed by atoms with Crippen molar-refractivity contribution >= 4 is 23.4 Å². The summed E-state index contributed by atoms with van der Waals surface area (Å²) in [6.45, 7) is 2.04. The highest BCUT2D eigenvalue weighted by molar-refractivity contribution is 7.71. The van der Waals surface area contributed by atoms with Gasteiger partial charge in [0, 0.05) is 0 Å². The summed E-state index contributed by atoms with van der Waals surface area (Å²) >= 11 is 5.37. The molecule has 0 bridgehead atoms. The van der Waals surface area contributed by atoms with Gasteiger partial charge in [0.05, 0.1) is 12.8 Å². The van der Waals surface area contributed by atoms with Crippen molar-refractivity contribution in [3.05, 3.63) is 40.9 Å². The van der Waals surface area contributed by atoms with Gasteiger partial charge in [-0.1, -0.05) is 12.1 Å². The summed E-state index contributed by atoms with van der Waals surface area (Å²) in [4.78, 5) is 11.4. The fourth-order valence-electron chi connectivity index (χ4n) is 2.06. The van der Waals surface area contributed by atoms with Crippen molar-refractivity contribution < 1.29 is 4.74 Å². The zero-order valence-electron chi connectivity index (χ0n) is 10.5. The summed E-state index contributed by atoms with van der Waals surface area (Å²) in [5.74, 6) is 0.488. The van der Waals surface area contributed by atoms with Crippen LogP contribution >= 0.6 is 12.2 Å². The molecule has 0 radical (unpaired) electrons. The lowest BCUT2D eigenvalue weighted by molar-refractivity contribution is 0.401. The molecule has 0 aliphatic carbocycles. The first-order valence-corrected chi connectivity index (χ1v) is 6.18. The van der Waals surface area contributed by atoms with E-state index in [0.717, 1.165) is 11.3 Å². The van der Waals surface area contributed by atoms with Crippen LogP contribution in [0, 0.1) is 11.7 Å². The van der Waals surface area contributed by atoms with Crippen molar-refractivity contribution in [3.63, 3.8) is 0 Å². The third kappa shape index (κ3) is 1.90. The molecule has 96 valence electrons. The predicted octanol–water partition coefficient (Wildman–Crippen LogP) is 2.80. The summed E-state index contributed by atoms with van der Waals surface area (Å²) in [6.07, 6.45) is 1.47. The molecule has 0 aliphatic heterocycles. The van der Waals surface area contributed by atoms with E-state index in [1.807, 2.05) is 29.7 Å². The lowest BCUT2D eigenvalue weighted by atomic mass is 10.2. The van der Waals surface area contributed by atoms with E-state index < -0.39 is 0 Å².